The standard InChI is InChI=1S/C15H18FNO5/c1-2-22-14(19)8-7-13(18)17-12(15(20)21)9-10-3-5-11(16)6-4-10/h3-6,12H,2,7-9H2,1H3,(H,17,18)(H,20,21)/t12-/m1/s1. The van der Waals surface area contributed by atoms with Crippen molar-refractivity contribution >= 4 is 17.8 Å². The van der Waals surface area contributed by atoms with Gasteiger partial charge in [-0.25, -0.2) is 9.18 Å². The van der Waals surface area contributed by atoms with Crippen molar-refractivity contribution in [3.05, 3.63) is 35.6 Å². The highest BCUT2D eigenvalue weighted by atomic mass is 19.1. The molecule has 1 atom stereocenters. The smallest absolute Gasteiger partial charge is 0.326 e. The van der Waals surface area contributed by atoms with Gasteiger partial charge in [0.15, 0.2) is 0 Å². The molecule has 1 rings (SSSR count). The summed E-state index contributed by atoms with van der Waals surface area (Å²) in [5, 5.41) is 11.5. The number of hydrogen-bond acceptors (Lipinski definition) is 4. The van der Waals surface area contributed by atoms with Crippen LogP contribution in [0.2, 0.25) is 0 Å². The van der Waals surface area contributed by atoms with Gasteiger partial charge in [-0.15, -0.1) is 0 Å². The van der Waals surface area contributed by atoms with Crippen LogP contribution in [-0.2, 0) is 25.5 Å². The molecule has 0 saturated carbocycles. The second kappa shape index (κ2) is 8.76. The fourth-order valence-corrected chi connectivity index (χ4v) is 1.77. The first-order chi connectivity index (χ1) is 10.4. The Balaban J connectivity index is 2.53. The number of hydrogen-bond donors (Lipinski definition) is 2. The van der Waals surface area contributed by atoms with Gasteiger partial charge in [0.25, 0.3) is 0 Å². The number of aliphatic carboxylic acids is 1. The lowest BCUT2D eigenvalue weighted by Crippen LogP contribution is -2.42. The molecule has 2 N–H and O–H groups in total. The number of carboxylic acid groups (broad SMARTS) is 1. The van der Waals surface area contributed by atoms with Crippen molar-refractivity contribution in [3.8, 4) is 0 Å². The molecule has 0 aromatic heterocycles. The van der Waals surface area contributed by atoms with E-state index < -0.39 is 29.7 Å². The Kier molecular flexibility index (Phi) is 7.01. The number of ether oxygens (including phenoxy) is 1. The van der Waals surface area contributed by atoms with Crippen LogP contribution in [-0.4, -0.2) is 35.6 Å². The van der Waals surface area contributed by atoms with Crippen molar-refractivity contribution in [1.29, 1.82) is 0 Å². The van der Waals surface area contributed by atoms with Gasteiger partial charge in [0.2, 0.25) is 5.91 Å². The van der Waals surface area contributed by atoms with Gasteiger partial charge in [-0.05, 0) is 24.6 Å². The molecule has 1 aromatic carbocycles. The summed E-state index contributed by atoms with van der Waals surface area (Å²) in [6.45, 7) is 1.88. The maximum Gasteiger partial charge on any atom is 0.326 e. The zero-order chi connectivity index (χ0) is 16.5. The highest BCUT2D eigenvalue weighted by Crippen LogP contribution is 2.07. The molecule has 0 unspecified atom stereocenters. The minimum atomic E-state index is -1.20. The minimum absolute atomic E-state index is 0.0285. The number of halogens is 1. The lowest BCUT2D eigenvalue weighted by Gasteiger charge is -2.14. The zero-order valence-electron chi connectivity index (χ0n) is 12.2. The fraction of sp³-hybridized carbons (Fsp3) is 0.400. The Morgan fingerprint density at radius 2 is 1.86 bits per heavy atom. The molecule has 1 aromatic rings. The molecule has 120 valence electrons. The van der Waals surface area contributed by atoms with E-state index in [1.807, 2.05) is 0 Å². The highest BCUT2D eigenvalue weighted by Gasteiger charge is 2.20. The van der Waals surface area contributed by atoms with Crippen LogP contribution in [0.25, 0.3) is 0 Å². The Morgan fingerprint density at radius 1 is 1.23 bits per heavy atom. The average Bonchev–Trinajstić information content (AvgIpc) is 2.47. The van der Waals surface area contributed by atoms with Crippen LogP contribution in [0.4, 0.5) is 4.39 Å². The van der Waals surface area contributed by atoms with E-state index in [1.54, 1.807) is 6.92 Å². The van der Waals surface area contributed by atoms with Gasteiger partial charge in [0.05, 0.1) is 13.0 Å². The van der Waals surface area contributed by atoms with E-state index in [9.17, 15) is 18.8 Å². The molecule has 0 spiro atoms. The van der Waals surface area contributed by atoms with Gasteiger partial charge in [0, 0.05) is 12.8 Å². The third-order valence-electron chi connectivity index (χ3n) is 2.85. The molecule has 1 amide bonds. The Labute approximate surface area is 127 Å². The Hall–Kier alpha value is -2.44. The molecule has 0 aliphatic carbocycles. The van der Waals surface area contributed by atoms with Crippen LogP contribution in [0.5, 0.6) is 0 Å². The molecule has 0 bridgehead atoms. The Bertz CT molecular complexity index is 529. The van der Waals surface area contributed by atoms with Gasteiger partial charge in [-0.2, -0.15) is 0 Å². The fourth-order valence-electron chi connectivity index (χ4n) is 1.77. The van der Waals surface area contributed by atoms with Crippen molar-refractivity contribution in [3.63, 3.8) is 0 Å². The molecule has 0 aliphatic rings. The highest BCUT2D eigenvalue weighted by molar-refractivity contribution is 5.85. The van der Waals surface area contributed by atoms with E-state index in [4.69, 9.17) is 5.11 Å². The van der Waals surface area contributed by atoms with Crippen LogP contribution in [0.3, 0.4) is 0 Å². The predicted molar refractivity (Wildman–Crippen MR) is 75.5 cm³/mol. The van der Waals surface area contributed by atoms with Crippen molar-refractivity contribution in [2.75, 3.05) is 6.61 Å². The average molecular weight is 311 g/mol. The molecular weight excluding hydrogens is 293 g/mol. The quantitative estimate of drug-likeness (QED) is 0.706. The molecule has 0 aliphatic heterocycles. The summed E-state index contributed by atoms with van der Waals surface area (Å²) < 4.78 is 17.5. The SMILES string of the molecule is CCOC(=O)CCC(=O)N[C@H](Cc1ccc(F)cc1)C(=O)O. The second-order valence-corrected chi connectivity index (χ2v) is 4.59. The van der Waals surface area contributed by atoms with E-state index in [-0.39, 0.29) is 25.9 Å². The normalized spacial score (nSPS) is 11.5. The van der Waals surface area contributed by atoms with Crippen LogP contribution >= 0.6 is 0 Å². The van der Waals surface area contributed by atoms with Crippen LogP contribution in [0, 0.1) is 5.82 Å². The minimum Gasteiger partial charge on any atom is -0.480 e. The number of carboxylic acids is 1. The van der Waals surface area contributed by atoms with E-state index in [0.29, 0.717) is 5.56 Å². The third-order valence-corrected chi connectivity index (χ3v) is 2.85. The maximum atomic E-state index is 12.8. The first-order valence-corrected chi connectivity index (χ1v) is 6.84. The second-order valence-electron chi connectivity index (χ2n) is 4.59. The van der Waals surface area contributed by atoms with Gasteiger partial charge in [-0.1, -0.05) is 12.1 Å². The van der Waals surface area contributed by atoms with Crippen molar-refractivity contribution < 1.29 is 28.6 Å². The molecular formula is C15H18FNO5. The summed E-state index contributed by atoms with van der Waals surface area (Å²) in [4.78, 5) is 34.0. The largest absolute Gasteiger partial charge is 0.480 e. The number of benzene rings is 1. The number of carbonyl (C=O) groups excluding carboxylic acids is 2. The van der Waals surface area contributed by atoms with Crippen LogP contribution in [0.1, 0.15) is 25.3 Å². The zero-order valence-corrected chi connectivity index (χ0v) is 12.2. The topological polar surface area (TPSA) is 92.7 Å². The van der Waals surface area contributed by atoms with Crippen LogP contribution in [0.15, 0.2) is 24.3 Å². The van der Waals surface area contributed by atoms with E-state index >= 15 is 0 Å². The summed E-state index contributed by atoms with van der Waals surface area (Å²) in [6, 6.07) is 4.21. The Morgan fingerprint density at radius 3 is 2.41 bits per heavy atom. The number of carbonyl (C=O) groups is 3. The van der Waals surface area contributed by atoms with Crippen molar-refractivity contribution in [1.82, 2.24) is 5.32 Å². The van der Waals surface area contributed by atoms with Gasteiger partial charge in [0.1, 0.15) is 11.9 Å². The summed E-state index contributed by atoms with van der Waals surface area (Å²) in [5.74, 6) is -2.69. The van der Waals surface area contributed by atoms with Gasteiger partial charge < -0.3 is 15.2 Å². The van der Waals surface area contributed by atoms with Crippen LogP contribution < -0.4 is 5.32 Å². The number of rotatable bonds is 8. The third kappa shape index (κ3) is 6.34. The molecule has 0 heterocycles. The molecule has 0 saturated heterocycles. The summed E-state index contributed by atoms with van der Waals surface area (Å²) in [5.41, 5.74) is 0.583. The van der Waals surface area contributed by atoms with Gasteiger partial charge in [-0.3, -0.25) is 9.59 Å². The van der Waals surface area contributed by atoms with E-state index in [2.05, 4.69) is 10.1 Å². The summed E-state index contributed by atoms with van der Waals surface area (Å²) in [7, 11) is 0. The van der Waals surface area contributed by atoms with E-state index in [1.165, 1.54) is 24.3 Å². The maximum absolute atomic E-state index is 12.8. The van der Waals surface area contributed by atoms with Crippen molar-refractivity contribution in [2.24, 2.45) is 0 Å². The number of nitrogens with one attached hydrogen (secondary N) is 1. The molecule has 0 fully saturated rings. The summed E-state index contributed by atoms with van der Waals surface area (Å²) >= 11 is 0. The lowest BCUT2D eigenvalue weighted by molar-refractivity contribution is -0.144. The number of amides is 1. The molecule has 7 heteroatoms. The van der Waals surface area contributed by atoms with Crippen molar-refractivity contribution in [2.45, 2.75) is 32.2 Å². The first-order valence-electron chi connectivity index (χ1n) is 6.84. The lowest BCUT2D eigenvalue weighted by atomic mass is 10.1. The first kappa shape index (κ1) is 17.6. The summed E-state index contributed by atoms with van der Waals surface area (Å²) in [6.07, 6.45) is -0.227. The monoisotopic (exact) mass is 311 g/mol. The predicted octanol–water partition coefficient (Wildman–Crippen LogP) is 1.28. The van der Waals surface area contributed by atoms with Gasteiger partial charge >= 0.3 is 11.9 Å². The molecule has 0 radical (unpaired) electrons. The molecule has 6 nitrogen and oxygen atoms in total. The van der Waals surface area contributed by atoms with E-state index in [0.717, 1.165) is 0 Å². The number of esters is 1. The molecule has 22 heavy (non-hydrogen) atoms.